The van der Waals surface area contributed by atoms with Crippen LogP contribution in [0.1, 0.15) is 9.80 Å². The maximum atomic E-state index is 13.0. The van der Waals surface area contributed by atoms with Gasteiger partial charge in [-0.2, -0.15) is 0 Å². The number of piperazine rings is 1. The van der Waals surface area contributed by atoms with Crippen LogP contribution in [0.25, 0.3) is 10.2 Å². The van der Waals surface area contributed by atoms with Gasteiger partial charge in [-0.1, -0.05) is 12.1 Å². The number of pyridine rings is 1. The fraction of sp³-hybridized carbons (Fsp3) is 0.278. The molecule has 7 heteroatoms. The normalized spacial score (nSPS) is 17.6. The van der Waals surface area contributed by atoms with Crippen LogP contribution in [0, 0.1) is 0 Å². The average Bonchev–Trinajstić information content (AvgIpc) is 3.11. The maximum absolute atomic E-state index is 13.0. The summed E-state index contributed by atoms with van der Waals surface area (Å²) in [6.45, 7) is 2.56. The van der Waals surface area contributed by atoms with Gasteiger partial charge in [0, 0.05) is 25.8 Å². The fourth-order valence-corrected chi connectivity index (χ4v) is 3.81. The molecule has 1 saturated heterocycles. The SMILES string of the molecule is O=C(c1nc2ccccc2s1)N1CCNCC1COc1cccnc1. The van der Waals surface area contributed by atoms with Crippen molar-refractivity contribution in [1.29, 1.82) is 0 Å². The number of hydrogen-bond donors (Lipinski definition) is 1. The molecule has 128 valence electrons. The van der Waals surface area contributed by atoms with E-state index in [0.717, 1.165) is 16.8 Å². The summed E-state index contributed by atoms with van der Waals surface area (Å²) >= 11 is 1.44. The van der Waals surface area contributed by atoms with E-state index in [2.05, 4.69) is 15.3 Å². The van der Waals surface area contributed by atoms with E-state index in [0.29, 0.717) is 30.5 Å². The van der Waals surface area contributed by atoms with Crippen molar-refractivity contribution in [2.75, 3.05) is 26.2 Å². The van der Waals surface area contributed by atoms with Crippen molar-refractivity contribution < 1.29 is 9.53 Å². The Kier molecular flexibility index (Phi) is 4.58. The number of benzene rings is 1. The van der Waals surface area contributed by atoms with Gasteiger partial charge in [-0.3, -0.25) is 9.78 Å². The third-order valence-corrected chi connectivity index (χ3v) is 5.19. The summed E-state index contributed by atoms with van der Waals surface area (Å²) in [7, 11) is 0. The van der Waals surface area contributed by atoms with Gasteiger partial charge in [0.2, 0.25) is 0 Å². The molecule has 1 atom stereocenters. The molecule has 4 rings (SSSR count). The molecule has 1 aliphatic heterocycles. The number of ether oxygens (including phenoxy) is 1. The molecule has 1 aromatic carbocycles. The fourth-order valence-electron chi connectivity index (χ4n) is 2.89. The van der Waals surface area contributed by atoms with E-state index in [1.165, 1.54) is 11.3 Å². The molecule has 3 aromatic rings. The van der Waals surface area contributed by atoms with Crippen LogP contribution in [0.5, 0.6) is 5.75 Å². The lowest BCUT2D eigenvalue weighted by Crippen LogP contribution is -2.55. The van der Waals surface area contributed by atoms with Gasteiger partial charge in [-0.25, -0.2) is 4.98 Å². The van der Waals surface area contributed by atoms with Gasteiger partial charge in [0.05, 0.1) is 22.5 Å². The number of carbonyl (C=O) groups excluding carboxylic acids is 1. The highest BCUT2D eigenvalue weighted by Gasteiger charge is 2.29. The van der Waals surface area contributed by atoms with Crippen LogP contribution in [0.3, 0.4) is 0 Å². The summed E-state index contributed by atoms with van der Waals surface area (Å²) in [5.74, 6) is 0.683. The Balaban J connectivity index is 1.50. The Morgan fingerprint density at radius 1 is 1.32 bits per heavy atom. The zero-order valence-corrected chi connectivity index (χ0v) is 14.4. The Labute approximate surface area is 149 Å². The number of carbonyl (C=O) groups is 1. The average molecular weight is 354 g/mol. The van der Waals surface area contributed by atoms with Gasteiger partial charge in [0.15, 0.2) is 5.01 Å². The second kappa shape index (κ2) is 7.16. The highest BCUT2D eigenvalue weighted by Crippen LogP contribution is 2.23. The van der Waals surface area contributed by atoms with E-state index in [9.17, 15) is 4.79 Å². The predicted molar refractivity (Wildman–Crippen MR) is 97.0 cm³/mol. The highest BCUT2D eigenvalue weighted by atomic mass is 32.1. The van der Waals surface area contributed by atoms with Crippen LogP contribution < -0.4 is 10.1 Å². The first-order chi connectivity index (χ1) is 12.3. The van der Waals surface area contributed by atoms with E-state index in [1.54, 1.807) is 12.4 Å². The van der Waals surface area contributed by atoms with Gasteiger partial charge < -0.3 is 15.0 Å². The summed E-state index contributed by atoms with van der Waals surface area (Å²) < 4.78 is 6.84. The number of para-hydroxylation sites is 1. The third kappa shape index (κ3) is 3.47. The van der Waals surface area contributed by atoms with Gasteiger partial charge in [-0.15, -0.1) is 11.3 Å². The van der Waals surface area contributed by atoms with Crippen LogP contribution in [0.15, 0.2) is 48.8 Å². The Morgan fingerprint density at radius 3 is 3.08 bits per heavy atom. The molecular formula is C18H18N4O2S. The number of aromatic nitrogens is 2. The first kappa shape index (κ1) is 16.0. The van der Waals surface area contributed by atoms with Crippen molar-refractivity contribution in [3.8, 4) is 5.75 Å². The predicted octanol–water partition coefficient (Wildman–Crippen LogP) is 2.18. The Hall–Kier alpha value is -2.51. The monoisotopic (exact) mass is 354 g/mol. The lowest BCUT2D eigenvalue weighted by atomic mass is 10.2. The van der Waals surface area contributed by atoms with Gasteiger partial charge >= 0.3 is 0 Å². The molecule has 1 aliphatic rings. The molecule has 0 aliphatic carbocycles. The first-order valence-corrected chi connectivity index (χ1v) is 9.03. The van der Waals surface area contributed by atoms with Crippen molar-refractivity contribution >= 4 is 27.5 Å². The minimum absolute atomic E-state index is 0.0255. The molecule has 0 spiro atoms. The van der Waals surface area contributed by atoms with Gasteiger partial charge in [0.1, 0.15) is 12.4 Å². The van der Waals surface area contributed by atoms with E-state index >= 15 is 0 Å². The van der Waals surface area contributed by atoms with Crippen molar-refractivity contribution in [2.24, 2.45) is 0 Å². The molecular weight excluding hydrogens is 336 g/mol. The van der Waals surface area contributed by atoms with E-state index < -0.39 is 0 Å². The molecule has 3 heterocycles. The highest BCUT2D eigenvalue weighted by molar-refractivity contribution is 7.20. The largest absolute Gasteiger partial charge is 0.490 e. The number of thiazole rings is 1. The quantitative estimate of drug-likeness (QED) is 0.778. The number of fused-ring (bicyclic) bond motifs is 1. The standard InChI is InChI=1S/C18H18N4O2S/c23-18(17-21-15-5-1-2-6-16(15)25-17)22-9-8-20-10-13(22)12-24-14-4-3-7-19-11-14/h1-7,11,13,20H,8-10,12H2. The molecule has 1 N–H and O–H groups in total. The third-order valence-electron chi connectivity index (χ3n) is 4.16. The van der Waals surface area contributed by atoms with Crippen LogP contribution in [-0.2, 0) is 0 Å². The topological polar surface area (TPSA) is 67.4 Å². The van der Waals surface area contributed by atoms with E-state index in [4.69, 9.17) is 4.74 Å². The summed E-state index contributed by atoms with van der Waals surface area (Å²) in [6.07, 6.45) is 3.38. The summed E-state index contributed by atoms with van der Waals surface area (Å²) in [5.41, 5.74) is 0.870. The van der Waals surface area contributed by atoms with Crippen LogP contribution in [0.2, 0.25) is 0 Å². The number of rotatable bonds is 4. The lowest BCUT2D eigenvalue weighted by molar-refractivity contribution is 0.0559. The second-order valence-corrected chi connectivity index (χ2v) is 6.87. The summed E-state index contributed by atoms with van der Waals surface area (Å²) in [6, 6.07) is 11.5. The number of nitrogens with one attached hydrogen (secondary N) is 1. The Morgan fingerprint density at radius 2 is 2.24 bits per heavy atom. The molecule has 1 fully saturated rings. The summed E-state index contributed by atoms with van der Waals surface area (Å²) in [5, 5.41) is 3.86. The first-order valence-electron chi connectivity index (χ1n) is 8.21. The molecule has 0 radical (unpaired) electrons. The molecule has 2 aromatic heterocycles. The number of nitrogens with zero attached hydrogens (tertiary/aromatic N) is 3. The molecule has 1 amide bonds. The maximum Gasteiger partial charge on any atom is 0.283 e. The zero-order valence-electron chi connectivity index (χ0n) is 13.6. The van der Waals surface area contributed by atoms with Crippen LogP contribution in [0.4, 0.5) is 0 Å². The second-order valence-electron chi connectivity index (χ2n) is 5.84. The molecule has 25 heavy (non-hydrogen) atoms. The molecule has 0 saturated carbocycles. The smallest absolute Gasteiger partial charge is 0.283 e. The minimum atomic E-state index is -0.0338. The minimum Gasteiger partial charge on any atom is -0.490 e. The van der Waals surface area contributed by atoms with Crippen molar-refractivity contribution in [3.63, 3.8) is 0 Å². The Bertz CT molecular complexity index is 835. The van der Waals surface area contributed by atoms with Crippen LogP contribution in [-0.4, -0.2) is 53.1 Å². The van der Waals surface area contributed by atoms with Crippen molar-refractivity contribution in [2.45, 2.75) is 6.04 Å². The summed E-state index contributed by atoms with van der Waals surface area (Å²) in [4.78, 5) is 23.4. The number of hydrogen-bond acceptors (Lipinski definition) is 6. The zero-order chi connectivity index (χ0) is 17.1. The lowest BCUT2D eigenvalue weighted by Gasteiger charge is -2.35. The molecule has 0 bridgehead atoms. The van der Waals surface area contributed by atoms with E-state index in [1.807, 2.05) is 41.3 Å². The molecule has 6 nitrogen and oxygen atoms in total. The van der Waals surface area contributed by atoms with Crippen LogP contribution >= 0.6 is 11.3 Å². The number of amides is 1. The molecule has 1 unspecified atom stereocenters. The van der Waals surface area contributed by atoms with E-state index in [-0.39, 0.29) is 11.9 Å². The van der Waals surface area contributed by atoms with Crippen molar-refractivity contribution in [1.82, 2.24) is 20.2 Å². The van der Waals surface area contributed by atoms with Gasteiger partial charge in [0.25, 0.3) is 5.91 Å². The van der Waals surface area contributed by atoms with Crippen molar-refractivity contribution in [3.05, 3.63) is 53.8 Å². The van der Waals surface area contributed by atoms with Gasteiger partial charge in [-0.05, 0) is 24.3 Å².